The first-order valence-electron chi connectivity index (χ1n) is 6.35. The van der Waals surface area contributed by atoms with Crippen LogP contribution in [0.15, 0.2) is 0 Å². The number of sulfone groups is 1. The van der Waals surface area contributed by atoms with Crippen molar-refractivity contribution in [2.45, 2.75) is 39.2 Å². The predicted molar refractivity (Wildman–Crippen MR) is 75.1 cm³/mol. The maximum absolute atomic E-state index is 11.8. The summed E-state index contributed by atoms with van der Waals surface area (Å²) in [5.41, 5.74) is -0.530. The van der Waals surface area contributed by atoms with Crippen molar-refractivity contribution in [3.8, 4) is 0 Å². The average Bonchev–Trinajstić information content (AvgIpc) is 2.52. The summed E-state index contributed by atoms with van der Waals surface area (Å²) in [6.45, 7) is 5.35. The molecule has 1 heterocycles. The molecule has 1 fully saturated rings. The van der Waals surface area contributed by atoms with Gasteiger partial charge in [-0.3, -0.25) is 9.00 Å². The highest BCUT2D eigenvalue weighted by Crippen LogP contribution is 2.19. The van der Waals surface area contributed by atoms with Crippen LogP contribution in [0.4, 0.5) is 0 Å². The molecule has 0 aliphatic carbocycles. The molecule has 112 valence electrons. The molecule has 0 N–H and O–H groups in total. The Hall–Kier alpha value is -0.430. The molecule has 0 unspecified atom stereocenters. The lowest BCUT2D eigenvalue weighted by atomic mass is 10.2. The molecular formula is C12H22O5S2. The molecule has 1 aliphatic rings. The molecule has 1 rings (SSSR count). The van der Waals surface area contributed by atoms with E-state index in [1.807, 2.05) is 0 Å². The van der Waals surface area contributed by atoms with Crippen LogP contribution in [0.5, 0.6) is 0 Å². The Morgan fingerprint density at radius 2 is 2.00 bits per heavy atom. The van der Waals surface area contributed by atoms with Crippen molar-refractivity contribution in [3.63, 3.8) is 0 Å². The molecule has 5 nitrogen and oxygen atoms in total. The van der Waals surface area contributed by atoms with Gasteiger partial charge in [0.05, 0.1) is 17.9 Å². The summed E-state index contributed by atoms with van der Waals surface area (Å²) in [4.78, 5) is 11.5. The molecule has 0 saturated carbocycles. The Labute approximate surface area is 117 Å². The molecule has 0 radical (unpaired) electrons. The quantitative estimate of drug-likeness (QED) is 0.705. The number of ether oxygens (including phenoxy) is 1. The van der Waals surface area contributed by atoms with E-state index in [-0.39, 0.29) is 35.6 Å². The van der Waals surface area contributed by atoms with Gasteiger partial charge in [0.25, 0.3) is 0 Å². The SMILES string of the molecule is CC(C)(C)OC(=O)CC[S@](=O)C[C@@H]1CCS(=O)(=O)C1. The van der Waals surface area contributed by atoms with Crippen molar-refractivity contribution in [3.05, 3.63) is 0 Å². The van der Waals surface area contributed by atoms with Crippen LogP contribution in [-0.2, 0) is 30.2 Å². The van der Waals surface area contributed by atoms with E-state index in [9.17, 15) is 17.4 Å². The van der Waals surface area contributed by atoms with Crippen LogP contribution in [0.2, 0.25) is 0 Å². The number of hydrogen-bond acceptors (Lipinski definition) is 5. The zero-order valence-corrected chi connectivity index (χ0v) is 13.3. The van der Waals surface area contributed by atoms with E-state index in [0.717, 1.165) is 0 Å². The molecule has 0 aromatic carbocycles. The number of hydrogen-bond donors (Lipinski definition) is 0. The Kier molecular flexibility index (Phi) is 5.55. The molecule has 0 aromatic rings. The Morgan fingerprint density at radius 1 is 1.37 bits per heavy atom. The largest absolute Gasteiger partial charge is 0.460 e. The van der Waals surface area contributed by atoms with Crippen molar-refractivity contribution in [1.29, 1.82) is 0 Å². The molecule has 0 amide bonds. The molecule has 1 aliphatic heterocycles. The molecular weight excluding hydrogens is 288 g/mol. The van der Waals surface area contributed by atoms with Gasteiger partial charge in [-0.15, -0.1) is 0 Å². The molecule has 0 spiro atoms. The van der Waals surface area contributed by atoms with Crippen LogP contribution in [0.3, 0.4) is 0 Å². The van der Waals surface area contributed by atoms with E-state index in [4.69, 9.17) is 4.74 Å². The van der Waals surface area contributed by atoms with E-state index in [1.165, 1.54) is 0 Å². The molecule has 2 atom stereocenters. The summed E-state index contributed by atoms with van der Waals surface area (Å²) >= 11 is 0. The molecule has 19 heavy (non-hydrogen) atoms. The third-order valence-electron chi connectivity index (χ3n) is 2.70. The molecule has 0 aromatic heterocycles. The highest BCUT2D eigenvalue weighted by Gasteiger charge is 2.29. The minimum Gasteiger partial charge on any atom is -0.460 e. The Balaban J connectivity index is 2.27. The fraction of sp³-hybridized carbons (Fsp3) is 0.917. The van der Waals surface area contributed by atoms with E-state index < -0.39 is 26.2 Å². The van der Waals surface area contributed by atoms with E-state index in [0.29, 0.717) is 12.2 Å². The Morgan fingerprint density at radius 3 is 2.47 bits per heavy atom. The van der Waals surface area contributed by atoms with Crippen LogP contribution < -0.4 is 0 Å². The third-order valence-corrected chi connectivity index (χ3v) is 6.04. The van der Waals surface area contributed by atoms with Gasteiger partial charge in [-0.25, -0.2) is 8.42 Å². The summed E-state index contributed by atoms with van der Waals surface area (Å²) in [6.07, 6.45) is 0.698. The lowest BCUT2D eigenvalue weighted by molar-refractivity contribution is -0.154. The second-order valence-corrected chi connectivity index (χ2v) is 9.77. The number of carbonyl (C=O) groups is 1. The number of carbonyl (C=O) groups excluding carboxylic acids is 1. The standard InChI is InChI=1S/C12H22O5S2/c1-12(2,3)17-11(13)4-6-18(14)8-10-5-7-19(15,16)9-10/h10H,4-9H2,1-3H3/t10-,18-/m0/s1. The predicted octanol–water partition coefficient (Wildman–Crippen LogP) is 0.902. The van der Waals surface area contributed by atoms with Gasteiger partial charge in [-0.1, -0.05) is 0 Å². The van der Waals surface area contributed by atoms with Gasteiger partial charge >= 0.3 is 5.97 Å². The van der Waals surface area contributed by atoms with Gasteiger partial charge in [-0.2, -0.15) is 0 Å². The summed E-state index contributed by atoms with van der Waals surface area (Å²) in [5.74, 6) is 0.545. The average molecular weight is 310 g/mol. The summed E-state index contributed by atoms with van der Waals surface area (Å²) in [6, 6.07) is 0. The maximum Gasteiger partial charge on any atom is 0.307 e. The number of esters is 1. The van der Waals surface area contributed by atoms with Gasteiger partial charge in [0.1, 0.15) is 5.60 Å². The highest BCUT2D eigenvalue weighted by atomic mass is 32.2. The smallest absolute Gasteiger partial charge is 0.307 e. The second kappa shape index (κ2) is 6.35. The first kappa shape index (κ1) is 16.6. The monoisotopic (exact) mass is 310 g/mol. The van der Waals surface area contributed by atoms with E-state index in [2.05, 4.69) is 0 Å². The maximum atomic E-state index is 11.8. The number of rotatable bonds is 5. The van der Waals surface area contributed by atoms with Gasteiger partial charge in [0.15, 0.2) is 9.84 Å². The molecule has 0 bridgehead atoms. The first-order valence-corrected chi connectivity index (χ1v) is 9.65. The summed E-state index contributed by atoms with van der Waals surface area (Å²) < 4.78 is 39.5. The third kappa shape index (κ3) is 7.06. The molecule has 1 saturated heterocycles. The minimum absolute atomic E-state index is 0.0236. The van der Waals surface area contributed by atoms with Crippen LogP contribution >= 0.6 is 0 Å². The van der Waals surface area contributed by atoms with Gasteiger partial charge in [0.2, 0.25) is 0 Å². The van der Waals surface area contributed by atoms with Crippen LogP contribution in [-0.4, -0.2) is 47.2 Å². The topological polar surface area (TPSA) is 77.5 Å². The van der Waals surface area contributed by atoms with Crippen molar-refractivity contribution >= 4 is 26.6 Å². The van der Waals surface area contributed by atoms with Crippen LogP contribution in [0.1, 0.15) is 33.6 Å². The zero-order chi connectivity index (χ0) is 14.7. The van der Waals surface area contributed by atoms with E-state index >= 15 is 0 Å². The van der Waals surface area contributed by atoms with Crippen molar-refractivity contribution in [1.82, 2.24) is 0 Å². The highest BCUT2D eigenvalue weighted by molar-refractivity contribution is 7.91. The van der Waals surface area contributed by atoms with Gasteiger partial charge in [-0.05, 0) is 33.1 Å². The lowest BCUT2D eigenvalue weighted by Gasteiger charge is -2.19. The summed E-state index contributed by atoms with van der Waals surface area (Å²) in [7, 11) is -4.08. The van der Waals surface area contributed by atoms with Crippen molar-refractivity contribution in [2.75, 3.05) is 23.0 Å². The van der Waals surface area contributed by atoms with Crippen molar-refractivity contribution in [2.24, 2.45) is 5.92 Å². The second-order valence-electron chi connectivity index (χ2n) is 5.92. The van der Waals surface area contributed by atoms with Gasteiger partial charge < -0.3 is 4.74 Å². The minimum atomic E-state index is -2.92. The van der Waals surface area contributed by atoms with Gasteiger partial charge in [0, 0.05) is 22.3 Å². The van der Waals surface area contributed by atoms with Crippen molar-refractivity contribution < 1.29 is 22.2 Å². The normalized spacial score (nSPS) is 24.1. The fourth-order valence-electron chi connectivity index (χ4n) is 1.94. The van der Waals surface area contributed by atoms with E-state index in [1.54, 1.807) is 20.8 Å². The van der Waals surface area contributed by atoms with Crippen LogP contribution in [0, 0.1) is 5.92 Å². The zero-order valence-electron chi connectivity index (χ0n) is 11.7. The fourth-order valence-corrected chi connectivity index (χ4v) is 5.32. The first-order chi connectivity index (χ1) is 8.57. The Bertz CT molecular complexity index is 447. The summed E-state index contributed by atoms with van der Waals surface area (Å²) in [5, 5.41) is 0. The molecule has 7 heteroatoms. The van der Waals surface area contributed by atoms with Crippen LogP contribution in [0.25, 0.3) is 0 Å². The lowest BCUT2D eigenvalue weighted by Crippen LogP contribution is -2.25.